The Morgan fingerprint density at radius 1 is 1.35 bits per heavy atom. The molecule has 0 bridgehead atoms. The first kappa shape index (κ1) is 15.0. The van der Waals surface area contributed by atoms with Crippen LogP contribution in [0, 0.1) is 13.8 Å². The topological polar surface area (TPSA) is 52.6 Å². The van der Waals surface area contributed by atoms with Crippen LogP contribution in [0.25, 0.3) is 0 Å². The molecule has 1 unspecified atom stereocenters. The fourth-order valence-electron chi connectivity index (χ4n) is 2.85. The number of carboxylic acid groups (broad SMARTS) is 1. The van der Waals surface area contributed by atoms with Crippen molar-refractivity contribution in [1.29, 1.82) is 0 Å². The summed E-state index contributed by atoms with van der Waals surface area (Å²) in [5.41, 5.74) is 3.76. The summed E-state index contributed by atoms with van der Waals surface area (Å²) >= 11 is 0. The summed E-state index contributed by atoms with van der Waals surface area (Å²) in [5.74, 6) is -0.709. The molecule has 1 aliphatic heterocycles. The zero-order chi connectivity index (χ0) is 14.5. The second-order valence-electron chi connectivity index (χ2n) is 5.67. The second kappa shape index (κ2) is 6.86. The molecule has 0 aromatic heterocycles. The molecule has 110 valence electrons. The Hall–Kier alpha value is -1.39. The lowest BCUT2D eigenvalue weighted by atomic mass is 9.96. The number of carbonyl (C=O) groups is 1. The normalized spacial score (nSPS) is 17.9. The van der Waals surface area contributed by atoms with E-state index in [-0.39, 0.29) is 12.5 Å². The predicted molar refractivity (Wildman–Crippen MR) is 80.1 cm³/mol. The van der Waals surface area contributed by atoms with E-state index in [1.165, 1.54) is 16.7 Å². The lowest BCUT2D eigenvalue weighted by molar-refractivity contribution is -0.138. The first-order valence-corrected chi connectivity index (χ1v) is 7.29. The predicted octanol–water partition coefficient (Wildman–Crippen LogP) is 1.59. The number of nitrogens with one attached hydrogen (secondary N) is 1. The van der Waals surface area contributed by atoms with Gasteiger partial charge in [-0.15, -0.1) is 0 Å². The second-order valence-corrected chi connectivity index (χ2v) is 5.67. The van der Waals surface area contributed by atoms with E-state index in [0.717, 1.165) is 32.6 Å². The average molecular weight is 276 g/mol. The molecule has 0 aliphatic carbocycles. The summed E-state index contributed by atoms with van der Waals surface area (Å²) in [5, 5.41) is 12.5. The summed E-state index contributed by atoms with van der Waals surface area (Å²) in [6.07, 6.45) is 1.03. The Labute approximate surface area is 120 Å². The molecule has 1 aromatic rings. The van der Waals surface area contributed by atoms with E-state index < -0.39 is 5.97 Å². The van der Waals surface area contributed by atoms with Crippen molar-refractivity contribution in [2.75, 3.05) is 26.2 Å². The Kier molecular flexibility index (Phi) is 5.15. The molecule has 2 N–H and O–H groups in total. The van der Waals surface area contributed by atoms with Crippen molar-refractivity contribution in [2.45, 2.75) is 32.7 Å². The number of hydrogen-bond acceptors (Lipinski definition) is 3. The molecule has 0 amide bonds. The summed E-state index contributed by atoms with van der Waals surface area (Å²) < 4.78 is 0. The van der Waals surface area contributed by atoms with Gasteiger partial charge in [0, 0.05) is 32.2 Å². The van der Waals surface area contributed by atoms with Gasteiger partial charge in [-0.05, 0) is 31.4 Å². The largest absolute Gasteiger partial charge is 0.481 e. The minimum absolute atomic E-state index is 0.0927. The van der Waals surface area contributed by atoms with Gasteiger partial charge in [-0.1, -0.05) is 23.8 Å². The van der Waals surface area contributed by atoms with Gasteiger partial charge in [0.2, 0.25) is 0 Å². The van der Waals surface area contributed by atoms with E-state index in [2.05, 4.69) is 42.3 Å². The first-order valence-electron chi connectivity index (χ1n) is 7.29. The van der Waals surface area contributed by atoms with E-state index in [4.69, 9.17) is 0 Å². The fraction of sp³-hybridized carbons (Fsp3) is 0.562. The lowest BCUT2D eigenvalue weighted by Crippen LogP contribution is -2.49. The van der Waals surface area contributed by atoms with Crippen LogP contribution in [-0.2, 0) is 11.2 Å². The van der Waals surface area contributed by atoms with Crippen LogP contribution < -0.4 is 5.32 Å². The first-order chi connectivity index (χ1) is 9.56. The minimum Gasteiger partial charge on any atom is -0.481 e. The van der Waals surface area contributed by atoms with Gasteiger partial charge in [-0.3, -0.25) is 9.69 Å². The van der Waals surface area contributed by atoms with Gasteiger partial charge >= 0.3 is 5.97 Å². The fourth-order valence-corrected chi connectivity index (χ4v) is 2.85. The molecule has 20 heavy (non-hydrogen) atoms. The Morgan fingerprint density at radius 2 is 2.05 bits per heavy atom. The van der Waals surface area contributed by atoms with Gasteiger partial charge in [0.1, 0.15) is 0 Å². The van der Waals surface area contributed by atoms with Crippen LogP contribution in [-0.4, -0.2) is 48.2 Å². The molecule has 1 saturated heterocycles. The summed E-state index contributed by atoms with van der Waals surface area (Å²) in [6.45, 7) is 7.95. The lowest BCUT2D eigenvalue weighted by Gasteiger charge is -2.34. The van der Waals surface area contributed by atoms with Crippen molar-refractivity contribution in [3.63, 3.8) is 0 Å². The van der Waals surface area contributed by atoms with Crippen molar-refractivity contribution >= 4 is 5.97 Å². The van der Waals surface area contributed by atoms with E-state index in [9.17, 15) is 9.90 Å². The number of aryl methyl sites for hydroxylation is 2. The number of aliphatic carboxylic acids is 1. The average Bonchev–Trinajstić information content (AvgIpc) is 2.42. The number of benzene rings is 1. The van der Waals surface area contributed by atoms with E-state index in [1.807, 2.05) is 0 Å². The Morgan fingerprint density at radius 3 is 2.70 bits per heavy atom. The highest BCUT2D eigenvalue weighted by molar-refractivity contribution is 5.67. The van der Waals surface area contributed by atoms with Crippen molar-refractivity contribution in [1.82, 2.24) is 10.2 Å². The van der Waals surface area contributed by atoms with E-state index in [1.54, 1.807) is 0 Å². The SMILES string of the molecule is Cc1ccc(C)c(CC(CC(=O)O)N2CCNCC2)c1. The summed E-state index contributed by atoms with van der Waals surface area (Å²) in [6, 6.07) is 6.51. The van der Waals surface area contributed by atoms with Crippen molar-refractivity contribution < 1.29 is 9.90 Å². The molecule has 1 atom stereocenters. The molecule has 1 heterocycles. The Bertz CT molecular complexity index is 468. The highest BCUT2D eigenvalue weighted by Gasteiger charge is 2.23. The number of nitrogens with zero attached hydrogens (tertiary/aromatic N) is 1. The van der Waals surface area contributed by atoms with Gasteiger partial charge in [-0.2, -0.15) is 0 Å². The van der Waals surface area contributed by atoms with Gasteiger partial charge in [-0.25, -0.2) is 0 Å². The van der Waals surface area contributed by atoms with Crippen LogP contribution >= 0.6 is 0 Å². The van der Waals surface area contributed by atoms with E-state index >= 15 is 0 Å². The molecule has 2 rings (SSSR count). The van der Waals surface area contributed by atoms with Crippen LogP contribution in [0.2, 0.25) is 0 Å². The van der Waals surface area contributed by atoms with Gasteiger partial charge in [0.25, 0.3) is 0 Å². The maximum Gasteiger partial charge on any atom is 0.304 e. The van der Waals surface area contributed by atoms with Crippen molar-refractivity contribution in [2.24, 2.45) is 0 Å². The molecular formula is C16H24N2O2. The summed E-state index contributed by atoms with van der Waals surface area (Å²) in [4.78, 5) is 13.5. The quantitative estimate of drug-likeness (QED) is 0.857. The van der Waals surface area contributed by atoms with Crippen molar-refractivity contribution in [3.8, 4) is 0 Å². The third kappa shape index (κ3) is 4.05. The third-order valence-corrected chi connectivity index (χ3v) is 4.04. The van der Waals surface area contributed by atoms with Gasteiger partial charge in [0.05, 0.1) is 6.42 Å². The molecule has 0 saturated carbocycles. The van der Waals surface area contributed by atoms with Crippen LogP contribution in [0.1, 0.15) is 23.1 Å². The van der Waals surface area contributed by atoms with Crippen LogP contribution in [0.4, 0.5) is 0 Å². The van der Waals surface area contributed by atoms with Crippen LogP contribution in [0.5, 0.6) is 0 Å². The molecule has 0 radical (unpaired) electrons. The minimum atomic E-state index is -0.709. The smallest absolute Gasteiger partial charge is 0.304 e. The molecule has 4 nitrogen and oxygen atoms in total. The standard InChI is InChI=1S/C16H24N2O2/c1-12-3-4-13(2)14(9-12)10-15(11-16(19)20)18-7-5-17-6-8-18/h3-4,9,15,17H,5-8,10-11H2,1-2H3,(H,19,20). The number of rotatable bonds is 5. The monoisotopic (exact) mass is 276 g/mol. The number of piperazine rings is 1. The summed E-state index contributed by atoms with van der Waals surface area (Å²) in [7, 11) is 0. The maximum atomic E-state index is 11.2. The van der Waals surface area contributed by atoms with Crippen molar-refractivity contribution in [3.05, 3.63) is 34.9 Å². The molecule has 1 aliphatic rings. The van der Waals surface area contributed by atoms with Crippen LogP contribution in [0.15, 0.2) is 18.2 Å². The molecular weight excluding hydrogens is 252 g/mol. The number of carboxylic acids is 1. The molecule has 1 fully saturated rings. The highest BCUT2D eigenvalue weighted by atomic mass is 16.4. The zero-order valence-electron chi connectivity index (χ0n) is 12.4. The third-order valence-electron chi connectivity index (χ3n) is 4.04. The molecule has 0 spiro atoms. The Balaban J connectivity index is 2.13. The van der Waals surface area contributed by atoms with Gasteiger partial charge in [0.15, 0.2) is 0 Å². The number of hydrogen-bond donors (Lipinski definition) is 2. The zero-order valence-corrected chi connectivity index (χ0v) is 12.4. The highest BCUT2D eigenvalue weighted by Crippen LogP contribution is 2.18. The van der Waals surface area contributed by atoms with Gasteiger partial charge < -0.3 is 10.4 Å². The van der Waals surface area contributed by atoms with E-state index in [0.29, 0.717) is 0 Å². The molecule has 4 heteroatoms. The maximum absolute atomic E-state index is 11.2. The van der Waals surface area contributed by atoms with Crippen LogP contribution in [0.3, 0.4) is 0 Å². The molecule has 1 aromatic carbocycles.